The van der Waals surface area contributed by atoms with Crippen LogP contribution in [0.1, 0.15) is 39.7 Å². The molecule has 1 aromatic carbocycles. The lowest BCUT2D eigenvalue weighted by Gasteiger charge is -2.21. The van der Waals surface area contributed by atoms with Crippen LogP contribution in [0.3, 0.4) is 0 Å². The van der Waals surface area contributed by atoms with Crippen molar-refractivity contribution in [2.24, 2.45) is 5.41 Å². The minimum atomic E-state index is 0.400. The smallest absolute Gasteiger partial charge is 0.0438 e. The lowest BCUT2D eigenvalue weighted by Crippen LogP contribution is -2.31. The van der Waals surface area contributed by atoms with Gasteiger partial charge in [0.05, 0.1) is 0 Å². The summed E-state index contributed by atoms with van der Waals surface area (Å²) in [4.78, 5) is 0. The molecule has 0 bridgehead atoms. The van der Waals surface area contributed by atoms with Crippen molar-refractivity contribution in [3.8, 4) is 0 Å². The maximum Gasteiger partial charge on any atom is 0.0438 e. The summed E-state index contributed by atoms with van der Waals surface area (Å²) >= 11 is 6.15. The van der Waals surface area contributed by atoms with Crippen LogP contribution in [0.15, 0.2) is 24.3 Å². The van der Waals surface area contributed by atoms with E-state index < -0.39 is 0 Å². The van der Waals surface area contributed by atoms with Crippen LogP contribution in [0.4, 0.5) is 0 Å². The molecule has 1 aromatic rings. The monoisotopic (exact) mass is 253 g/mol. The topological polar surface area (TPSA) is 12.0 Å². The molecule has 2 heteroatoms. The largest absolute Gasteiger partial charge is 0.314 e. The predicted octanol–water partition coefficient (Wildman–Crippen LogP) is 4.30. The fourth-order valence-corrected chi connectivity index (χ4v) is 1.97. The minimum Gasteiger partial charge on any atom is -0.314 e. The van der Waals surface area contributed by atoms with E-state index in [1.54, 1.807) is 0 Å². The summed E-state index contributed by atoms with van der Waals surface area (Å²) in [5.41, 5.74) is 1.63. The fourth-order valence-electron chi connectivity index (χ4n) is 1.76. The highest BCUT2D eigenvalue weighted by Crippen LogP contribution is 2.18. The van der Waals surface area contributed by atoms with Crippen LogP contribution in [0.25, 0.3) is 0 Å². The summed E-state index contributed by atoms with van der Waals surface area (Å²) in [6.45, 7) is 10.1. The minimum absolute atomic E-state index is 0.400. The Balaban J connectivity index is 2.35. The Kier molecular flexibility index (Phi) is 5.48. The molecule has 0 spiro atoms. The van der Waals surface area contributed by atoms with Gasteiger partial charge in [0.15, 0.2) is 0 Å². The number of hydrogen-bond acceptors (Lipinski definition) is 1. The van der Waals surface area contributed by atoms with Gasteiger partial charge in [0.1, 0.15) is 0 Å². The molecule has 0 saturated carbocycles. The van der Waals surface area contributed by atoms with Gasteiger partial charge < -0.3 is 5.32 Å². The third-order valence-corrected chi connectivity index (χ3v) is 3.22. The molecule has 0 aromatic heterocycles. The van der Waals surface area contributed by atoms with Gasteiger partial charge in [0, 0.05) is 11.1 Å². The van der Waals surface area contributed by atoms with Crippen molar-refractivity contribution >= 4 is 11.6 Å². The van der Waals surface area contributed by atoms with Crippen molar-refractivity contribution in [2.45, 2.75) is 46.6 Å². The Bertz CT molecular complexity index is 341. The molecule has 0 aliphatic rings. The molecule has 0 saturated heterocycles. The number of benzene rings is 1. The number of rotatable bonds is 5. The fraction of sp³-hybridized carbons (Fsp3) is 0.600. The zero-order valence-corrected chi connectivity index (χ0v) is 12.1. The average molecular weight is 254 g/mol. The second-order valence-electron chi connectivity index (χ2n) is 5.96. The lowest BCUT2D eigenvalue weighted by atomic mass is 9.92. The Labute approximate surface area is 111 Å². The van der Waals surface area contributed by atoms with Gasteiger partial charge in [-0.1, -0.05) is 50.6 Å². The normalized spacial score (nSPS) is 13.7. The van der Waals surface area contributed by atoms with Crippen LogP contribution in [-0.4, -0.2) is 12.6 Å². The van der Waals surface area contributed by atoms with E-state index in [1.165, 1.54) is 12.0 Å². The summed E-state index contributed by atoms with van der Waals surface area (Å²) in [5, 5.41) is 4.43. The second kappa shape index (κ2) is 6.42. The molecule has 0 aliphatic heterocycles. The van der Waals surface area contributed by atoms with Crippen molar-refractivity contribution in [3.05, 3.63) is 34.9 Å². The predicted molar refractivity (Wildman–Crippen MR) is 76.7 cm³/mol. The molecule has 0 heterocycles. The van der Waals surface area contributed by atoms with Gasteiger partial charge in [0.2, 0.25) is 0 Å². The highest BCUT2D eigenvalue weighted by Gasteiger charge is 2.11. The molecule has 0 radical (unpaired) electrons. The molecular formula is C15H24ClN. The first kappa shape index (κ1) is 14.5. The summed E-state index contributed by atoms with van der Waals surface area (Å²) in [7, 11) is 0. The Hall–Kier alpha value is -0.530. The van der Waals surface area contributed by atoms with E-state index in [1.807, 2.05) is 18.2 Å². The number of halogens is 1. The zero-order valence-electron chi connectivity index (χ0n) is 11.4. The van der Waals surface area contributed by atoms with Crippen molar-refractivity contribution < 1.29 is 0 Å². The van der Waals surface area contributed by atoms with Crippen molar-refractivity contribution in [2.75, 3.05) is 6.54 Å². The molecule has 0 fully saturated rings. The van der Waals surface area contributed by atoms with Crippen LogP contribution in [-0.2, 0) is 6.42 Å². The van der Waals surface area contributed by atoms with E-state index in [-0.39, 0.29) is 0 Å². The van der Waals surface area contributed by atoms with Gasteiger partial charge >= 0.3 is 0 Å². The van der Waals surface area contributed by atoms with Crippen molar-refractivity contribution in [3.63, 3.8) is 0 Å². The Morgan fingerprint density at radius 2 is 1.88 bits per heavy atom. The third kappa shape index (κ3) is 6.09. The van der Waals surface area contributed by atoms with Crippen LogP contribution in [0, 0.1) is 5.41 Å². The number of hydrogen-bond donors (Lipinski definition) is 1. The Morgan fingerprint density at radius 3 is 2.47 bits per heavy atom. The molecule has 1 rings (SSSR count). The van der Waals surface area contributed by atoms with Gasteiger partial charge in [0.25, 0.3) is 0 Å². The lowest BCUT2D eigenvalue weighted by molar-refractivity contribution is 0.356. The molecule has 1 nitrogen and oxygen atoms in total. The molecule has 1 N–H and O–H groups in total. The summed E-state index contributed by atoms with van der Waals surface area (Å²) in [5.74, 6) is 0. The molecule has 0 amide bonds. The summed E-state index contributed by atoms with van der Waals surface area (Å²) in [6, 6.07) is 8.55. The highest BCUT2D eigenvalue weighted by molar-refractivity contribution is 6.31. The van der Waals surface area contributed by atoms with Gasteiger partial charge in [-0.25, -0.2) is 0 Å². The van der Waals surface area contributed by atoms with Crippen LogP contribution >= 0.6 is 11.6 Å². The quantitative estimate of drug-likeness (QED) is 0.825. The SMILES string of the molecule is CC(Cc1ccccc1Cl)NCCC(C)(C)C. The second-order valence-corrected chi connectivity index (χ2v) is 6.37. The Morgan fingerprint density at radius 1 is 1.24 bits per heavy atom. The molecule has 1 unspecified atom stereocenters. The van der Waals surface area contributed by atoms with Crippen molar-refractivity contribution in [1.29, 1.82) is 0 Å². The maximum atomic E-state index is 6.15. The zero-order chi connectivity index (χ0) is 12.9. The van der Waals surface area contributed by atoms with E-state index in [9.17, 15) is 0 Å². The van der Waals surface area contributed by atoms with Gasteiger partial charge in [-0.3, -0.25) is 0 Å². The number of nitrogens with one attached hydrogen (secondary N) is 1. The van der Waals surface area contributed by atoms with E-state index in [0.29, 0.717) is 11.5 Å². The van der Waals surface area contributed by atoms with E-state index in [2.05, 4.69) is 39.1 Å². The van der Waals surface area contributed by atoms with Gasteiger partial charge in [-0.2, -0.15) is 0 Å². The standard InChI is InChI=1S/C15H24ClN/c1-12(17-10-9-15(2,3)4)11-13-7-5-6-8-14(13)16/h5-8,12,17H,9-11H2,1-4H3. The maximum absolute atomic E-state index is 6.15. The molecule has 17 heavy (non-hydrogen) atoms. The summed E-state index contributed by atoms with van der Waals surface area (Å²) in [6.07, 6.45) is 2.18. The third-order valence-electron chi connectivity index (χ3n) is 2.85. The molecule has 0 aliphatic carbocycles. The van der Waals surface area contributed by atoms with E-state index in [4.69, 9.17) is 11.6 Å². The first-order valence-corrected chi connectivity index (χ1v) is 6.73. The molecule has 1 atom stereocenters. The first-order chi connectivity index (χ1) is 7.88. The van der Waals surface area contributed by atoms with Crippen LogP contribution in [0.2, 0.25) is 5.02 Å². The molecular weight excluding hydrogens is 230 g/mol. The van der Waals surface area contributed by atoms with Crippen molar-refractivity contribution in [1.82, 2.24) is 5.32 Å². The van der Waals surface area contributed by atoms with Gasteiger partial charge in [-0.05, 0) is 43.4 Å². The first-order valence-electron chi connectivity index (χ1n) is 6.35. The van der Waals surface area contributed by atoms with Crippen LogP contribution in [0.5, 0.6) is 0 Å². The highest BCUT2D eigenvalue weighted by atomic mass is 35.5. The van der Waals surface area contributed by atoms with Crippen LogP contribution < -0.4 is 5.32 Å². The van der Waals surface area contributed by atoms with Gasteiger partial charge in [-0.15, -0.1) is 0 Å². The average Bonchev–Trinajstić information content (AvgIpc) is 2.19. The summed E-state index contributed by atoms with van der Waals surface area (Å²) < 4.78 is 0. The van der Waals surface area contributed by atoms with E-state index in [0.717, 1.165) is 18.0 Å². The molecule has 96 valence electrons. The van der Waals surface area contributed by atoms with E-state index >= 15 is 0 Å².